The van der Waals surface area contributed by atoms with Gasteiger partial charge in [0.25, 0.3) is 5.89 Å². The summed E-state index contributed by atoms with van der Waals surface area (Å²) in [5.41, 5.74) is 2.02. The van der Waals surface area contributed by atoms with Crippen molar-refractivity contribution in [2.75, 3.05) is 33.2 Å². The van der Waals surface area contributed by atoms with Crippen LogP contribution in [-0.4, -0.2) is 59.2 Å². The fraction of sp³-hybridized carbons (Fsp3) is 0.391. The highest BCUT2D eigenvalue weighted by Crippen LogP contribution is 2.24. The summed E-state index contributed by atoms with van der Waals surface area (Å²) in [7, 11) is 1.79. The van der Waals surface area contributed by atoms with Crippen LogP contribution >= 0.6 is 0 Å². The number of aliphatic imine (C=N–C) groups is 1. The molecule has 2 aromatic heterocycles. The van der Waals surface area contributed by atoms with E-state index in [1.807, 2.05) is 18.2 Å². The molecule has 1 aliphatic rings. The molecule has 8 nitrogen and oxygen atoms in total. The highest BCUT2D eigenvalue weighted by Gasteiger charge is 2.23. The van der Waals surface area contributed by atoms with E-state index >= 15 is 0 Å². The van der Waals surface area contributed by atoms with E-state index in [1.54, 1.807) is 13.2 Å². The number of rotatable bonds is 8. The van der Waals surface area contributed by atoms with Crippen LogP contribution in [0.5, 0.6) is 0 Å². The number of aromatic nitrogens is 3. The lowest BCUT2D eigenvalue weighted by Gasteiger charge is -2.28. The predicted molar refractivity (Wildman–Crippen MR) is 121 cm³/mol. The first kappa shape index (κ1) is 21.0. The first-order chi connectivity index (χ1) is 15.3. The molecule has 1 fully saturated rings. The summed E-state index contributed by atoms with van der Waals surface area (Å²) in [4.78, 5) is 15.6. The number of nitrogens with zero attached hydrogens (tertiary/aromatic N) is 5. The zero-order valence-electron chi connectivity index (χ0n) is 17.9. The molecular weight excluding hydrogens is 390 g/mol. The third-order valence-corrected chi connectivity index (χ3v) is 5.45. The first-order valence-corrected chi connectivity index (χ1v) is 10.8. The molecule has 2 N–H and O–H groups in total. The smallest absolute Gasteiger partial charge is 0.276 e. The largest absolute Gasteiger partial charge is 0.356 e. The van der Waals surface area contributed by atoms with Crippen molar-refractivity contribution in [2.24, 2.45) is 4.99 Å². The Bertz CT molecular complexity index is 952. The van der Waals surface area contributed by atoms with Crippen molar-refractivity contribution in [2.45, 2.75) is 25.3 Å². The van der Waals surface area contributed by atoms with Crippen molar-refractivity contribution in [1.29, 1.82) is 0 Å². The number of pyridine rings is 1. The van der Waals surface area contributed by atoms with E-state index in [9.17, 15) is 0 Å². The fourth-order valence-electron chi connectivity index (χ4n) is 3.84. The molecule has 162 valence electrons. The zero-order chi connectivity index (χ0) is 21.3. The molecule has 0 aliphatic carbocycles. The molecular formula is C23H29N7O. The lowest BCUT2D eigenvalue weighted by atomic mass is 10.1. The number of hydrogen-bond acceptors (Lipinski definition) is 6. The molecule has 4 rings (SSSR count). The van der Waals surface area contributed by atoms with Gasteiger partial charge in [-0.2, -0.15) is 4.98 Å². The number of nitrogens with one attached hydrogen (secondary N) is 2. The standard InChI is InChI=1S/C23H29N7O/c1-24-23(26-14-12-21-28-22(31-29-21)19-11-5-6-13-25-19)27-17-20(30-15-7-8-16-30)18-9-3-2-4-10-18/h2-6,9-11,13,20H,7-8,12,14-17H2,1H3,(H2,24,26,27). The summed E-state index contributed by atoms with van der Waals surface area (Å²) >= 11 is 0. The maximum Gasteiger partial charge on any atom is 0.276 e. The molecule has 31 heavy (non-hydrogen) atoms. The third kappa shape index (κ3) is 5.67. The number of guanidine groups is 1. The van der Waals surface area contributed by atoms with Crippen molar-refractivity contribution in [1.82, 2.24) is 30.7 Å². The number of likely N-dealkylation sites (tertiary alicyclic amines) is 1. The Morgan fingerprint density at radius 2 is 1.90 bits per heavy atom. The summed E-state index contributed by atoms with van der Waals surface area (Å²) in [5.74, 6) is 1.85. The normalized spacial score (nSPS) is 15.7. The van der Waals surface area contributed by atoms with Crippen molar-refractivity contribution in [3.8, 4) is 11.6 Å². The van der Waals surface area contributed by atoms with E-state index in [2.05, 4.69) is 66.0 Å². The molecule has 1 saturated heterocycles. The summed E-state index contributed by atoms with van der Waals surface area (Å²) in [5, 5.41) is 10.9. The minimum atomic E-state index is 0.334. The van der Waals surface area contributed by atoms with Gasteiger partial charge in [0.2, 0.25) is 0 Å². The second-order valence-electron chi connectivity index (χ2n) is 7.53. The van der Waals surface area contributed by atoms with E-state index in [0.717, 1.165) is 25.6 Å². The van der Waals surface area contributed by atoms with Gasteiger partial charge in [0.05, 0.1) is 6.04 Å². The van der Waals surface area contributed by atoms with Crippen LogP contribution in [0.4, 0.5) is 0 Å². The molecule has 1 aliphatic heterocycles. The molecule has 0 spiro atoms. The Labute approximate surface area is 182 Å². The maximum absolute atomic E-state index is 5.32. The minimum absolute atomic E-state index is 0.334. The van der Waals surface area contributed by atoms with E-state index in [0.29, 0.717) is 36.4 Å². The van der Waals surface area contributed by atoms with Gasteiger partial charge in [-0.3, -0.25) is 14.9 Å². The fourth-order valence-corrected chi connectivity index (χ4v) is 3.84. The maximum atomic E-state index is 5.32. The van der Waals surface area contributed by atoms with Crippen molar-refractivity contribution >= 4 is 5.96 Å². The van der Waals surface area contributed by atoms with Crippen LogP contribution in [0.2, 0.25) is 0 Å². The van der Waals surface area contributed by atoms with Crippen LogP contribution in [0.1, 0.15) is 30.3 Å². The van der Waals surface area contributed by atoms with Crippen LogP contribution in [0.15, 0.2) is 64.2 Å². The summed E-state index contributed by atoms with van der Waals surface area (Å²) in [6, 6.07) is 16.6. The van der Waals surface area contributed by atoms with Gasteiger partial charge in [-0.1, -0.05) is 41.6 Å². The molecule has 0 bridgehead atoms. The van der Waals surface area contributed by atoms with Gasteiger partial charge in [-0.05, 0) is 43.6 Å². The van der Waals surface area contributed by atoms with E-state index in [4.69, 9.17) is 4.52 Å². The minimum Gasteiger partial charge on any atom is -0.356 e. The van der Waals surface area contributed by atoms with Gasteiger partial charge in [-0.25, -0.2) is 0 Å². The lowest BCUT2D eigenvalue weighted by Crippen LogP contribution is -2.43. The highest BCUT2D eigenvalue weighted by atomic mass is 16.5. The Hall–Kier alpha value is -3.26. The van der Waals surface area contributed by atoms with Crippen LogP contribution < -0.4 is 10.6 Å². The quantitative estimate of drug-likeness (QED) is 0.428. The summed E-state index contributed by atoms with van der Waals surface area (Å²) in [6.45, 7) is 3.74. The zero-order valence-corrected chi connectivity index (χ0v) is 17.9. The average molecular weight is 420 g/mol. The van der Waals surface area contributed by atoms with Gasteiger partial charge in [0, 0.05) is 32.8 Å². The van der Waals surface area contributed by atoms with E-state index in [1.165, 1.54) is 18.4 Å². The van der Waals surface area contributed by atoms with Gasteiger partial charge >= 0.3 is 0 Å². The second-order valence-corrected chi connectivity index (χ2v) is 7.53. The molecule has 8 heteroatoms. The van der Waals surface area contributed by atoms with Crippen LogP contribution in [0.25, 0.3) is 11.6 Å². The van der Waals surface area contributed by atoms with Crippen LogP contribution in [0, 0.1) is 0 Å². The Balaban J connectivity index is 1.29. The second kappa shape index (κ2) is 10.7. The van der Waals surface area contributed by atoms with Crippen molar-refractivity contribution in [3.05, 3.63) is 66.1 Å². The molecule has 3 aromatic rings. The molecule has 0 saturated carbocycles. The molecule has 1 unspecified atom stereocenters. The monoisotopic (exact) mass is 419 g/mol. The van der Waals surface area contributed by atoms with Gasteiger partial charge in [0.15, 0.2) is 11.8 Å². The Morgan fingerprint density at radius 1 is 1.10 bits per heavy atom. The lowest BCUT2D eigenvalue weighted by molar-refractivity contribution is 0.245. The predicted octanol–water partition coefficient (Wildman–Crippen LogP) is 2.68. The van der Waals surface area contributed by atoms with Crippen molar-refractivity contribution in [3.63, 3.8) is 0 Å². The van der Waals surface area contributed by atoms with Crippen LogP contribution in [-0.2, 0) is 6.42 Å². The summed E-state index contributed by atoms with van der Waals surface area (Å²) < 4.78 is 5.32. The van der Waals surface area contributed by atoms with Gasteiger partial charge in [0.1, 0.15) is 5.69 Å². The Morgan fingerprint density at radius 3 is 2.65 bits per heavy atom. The molecule has 0 amide bonds. The molecule has 1 atom stereocenters. The SMILES string of the molecule is CN=C(NCCc1noc(-c2ccccn2)n1)NCC(c1ccccc1)N1CCCC1. The topological polar surface area (TPSA) is 91.5 Å². The highest BCUT2D eigenvalue weighted by molar-refractivity contribution is 5.79. The number of benzene rings is 1. The molecule has 3 heterocycles. The molecule has 1 aromatic carbocycles. The van der Waals surface area contributed by atoms with Crippen molar-refractivity contribution < 1.29 is 4.52 Å². The molecule has 0 radical (unpaired) electrons. The van der Waals surface area contributed by atoms with Crippen LogP contribution in [0.3, 0.4) is 0 Å². The summed E-state index contributed by atoms with van der Waals surface area (Å²) in [6.07, 6.45) is 4.87. The van der Waals surface area contributed by atoms with E-state index < -0.39 is 0 Å². The number of hydrogen-bond donors (Lipinski definition) is 2. The third-order valence-electron chi connectivity index (χ3n) is 5.45. The van der Waals surface area contributed by atoms with E-state index in [-0.39, 0.29) is 0 Å². The Kier molecular flexibility index (Phi) is 7.23. The van der Waals surface area contributed by atoms with Gasteiger partial charge in [-0.15, -0.1) is 0 Å². The average Bonchev–Trinajstić information content (AvgIpc) is 3.52. The van der Waals surface area contributed by atoms with Gasteiger partial charge < -0.3 is 15.2 Å². The first-order valence-electron chi connectivity index (χ1n) is 10.8.